The molecule has 0 atom stereocenters. The molecule has 0 nitrogen and oxygen atoms in total. The zero-order valence-corrected chi connectivity index (χ0v) is 11.6. The molecule has 0 amide bonds. The predicted molar refractivity (Wildman–Crippen MR) is 71.2 cm³/mol. The highest BCUT2D eigenvalue weighted by molar-refractivity contribution is 5.51. The van der Waals surface area contributed by atoms with Crippen molar-refractivity contribution in [2.24, 2.45) is 5.41 Å². The molecule has 0 heterocycles. The van der Waals surface area contributed by atoms with E-state index in [0.717, 1.165) is 0 Å². The van der Waals surface area contributed by atoms with Crippen LogP contribution in [0.15, 0.2) is 0 Å². The summed E-state index contributed by atoms with van der Waals surface area (Å²) >= 11 is 0. The Morgan fingerprint density at radius 1 is 0.750 bits per heavy atom. The Kier molecular flexibility index (Phi) is 2.64. The first-order valence-corrected chi connectivity index (χ1v) is 6.41. The van der Waals surface area contributed by atoms with Gasteiger partial charge in [-0.1, -0.05) is 13.8 Å². The van der Waals surface area contributed by atoms with Crippen LogP contribution >= 0.6 is 0 Å². The van der Waals surface area contributed by atoms with Gasteiger partial charge < -0.3 is 0 Å². The van der Waals surface area contributed by atoms with E-state index in [0.29, 0.717) is 5.41 Å². The average Bonchev–Trinajstić information content (AvgIpc) is 2.22. The lowest BCUT2D eigenvalue weighted by atomic mass is 9.71. The maximum Gasteiger partial charge on any atom is -0.0222 e. The van der Waals surface area contributed by atoms with Gasteiger partial charge >= 0.3 is 0 Å². The Morgan fingerprint density at radius 3 is 1.81 bits per heavy atom. The molecule has 88 valence electrons. The van der Waals surface area contributed by atoms with Crippen molar-refractivity contribution in [3.63, 3.8) is 0 Å². The summed E-state index contributed by atoms with van der Waals surface area (Å²) in [5.41, 5.74) is 9.91. The van der Waals surface area contributed by atoms with E-state index in [2.05, 4.69) is 41.5 Å². The molecule has 1 aromatic rings. The Morgan fingerprint density at radius 2 is 1.25 bits per heavy atom. The molecule has 0 unspecified atom stereocenters. The molecular weight excluding hydrogens is 192 g/mol. The zero-order chi connectivity index (χ0) is 12.1. The second kappa shape index (κ2) is 3.61. The molecule has 0 saturated heterocycles. The Hall–Kier alpha value is -0.780. The van der Waals surface area contributed by atoms with Gasteiger partial charge in [0, 0.05) is 0 Å². The third kappa shape index (κ3) is 1.69. The molecule has 0 heteroatoms. The summed E-state index contributed by atoms with van der Waals surface area (Å²) in [5.74, 6) is 0. The second-order valence-electron chi connectivity index (χ2n) is 6.30. The van der Waals surface area contributed by atoms with Gasteiger partial charge in [-0.25, -0.2) is 0 Å². The van der Waals surface area contributed by atoms with E-state index < -0.39 is 0 Å². The van der Waals surface area contributed by atoms with Crippen molar-refractivity contribution in [2.75, 3.05) is 0 Å². The van der Waals surface area contributed by atoms with Gasteiger partial charge in [-0.05, 0) is 85.8 Å². The van der Waals surface area contributed by atoms with Crippen LogP contribution in [0.4, 0.5) is 0 Å². The highest BCUT2D eigenvalue weighted by atomic mass is 14.3. The maximum absolute atomic E-state index is 2.40. The van der Waals surface area contributed by atoms with Crippen molar-refractivity contribution in [2.45, 2.75) is 60.8 Å². The smallest absolute Gasteiger partial charge is 0.0222 e. The summed E-state index contributed by atoms with van der Waals surface area (Å²) < 4.78 is 0. The van der Waals surface area contributed by atoms with Gasteiger partial charge in [-0.15, -0.1) is 0 Å². The van der Waals surface area contributed by atoms with Crippen molar-refractivity contribution < 1.29 is 0 Å². The maximum atomic E-state index is 2.40. The van der Waals surface area contributed by atoms with Crippen molar-refractivity contribution in [3.8, 4) is 0 Å². The quantitative estimate of drug-likeness (QED) is 0.601. The molecule has 0 saturated carbocycles. The van der Waals surface area contributed by atoms with Gasteiger partial charge in [0.2, 0.25) is 0 Å². The second-order valence-corrected chi connectivity index (χ2v) is 6.30. The molecule has 0 spiro atoms. The summed E-state index contributed by atoms with van der Waals surface area (Å²) in [6, 6.07) is 0. The first-order valence-electron chi connectivity index (χ1n) is 6.41. The highest BCUT2D eigenvalue weighted by Gasteiger charge is 2.28. The minimum atomic E-state index is 0.492. The van der Waals surface area contributed by atoms with Gasteiger partial charge in [0.25, 0.3) is 0 Å². The predicted octanol–water partition coefficient (Wildman–Crippen LogP) is 4.44. The molecule has 0 bridgehead atoms. The molecule has 0 fully saturated rings. The van der Waals surface area contributed by atoms with Crippen LogP contribution in [-0.2, 0) is 12.8 Å². The van der Waals surface area contributed by atoms with Crippen molar-refractivity contribution >= 4 is 0 Å². The van der Waals surface area contributed by atoms with E-state index >= 15 is 0 Å². The summed E-state index contributed by atoms with van der Waals surface area (Å²) in [5, 5.41) is 0. The lowest BCUT2D eigenvalue weighted by Gasteiger charge is -2.34. The largest absolute Gasteiger partial charge is 0.0596 e. The van der Waals surface area contributed by atoms with E-state index in [1.807, 2.05) is 0 Å². The van der Waals surface area contributed by atoms with E-state index in [4.69, 9.17) is 0 Å². The van der Waals surface area contributed by atoms with E-state index in [-0.39, 0.29) is 0 Å². The first-order chi connectivity index (χ1) is 7.33. The van der Waals surface area contributed by atoms with Gasteiger partial charge in [0.1, 0.15) is 0 Å². The third-order valence-electron chi connectivity index (χ3n) is 4.66. The van der Waals surface area contributed by atoms with Crippen molar-refractivity contribution in [3.05, 3.63) is 33.4 Å². The number of fused-ring (bicyclic) bond motifs is 1. The minimum absolute atomic E-state index is 0.492. The SMILES string of the molecule is Cc1c(C)c(C)c2c(c1C)CCC(C)(C)C2. The summed E-state index contributed by atoms with van der Waals surface area (Å²) in [4.78, 5) is 0. The first kappa shape index (κ1) is 11.7. The fraction of sp³-hybridized carbons (Fsp3) is 0.625. The molecule has 0 aromatic heterocycles. The summed E-state index contributed by atoms with van der Waals surface area (Å²) in [6.45, 7) is 14.0. The van der Waals surface area contributed by atoms with Crippen LogP contribution in [0, 0.1) is 33.1 Å². The molecule has 16 heavy (non-hydrogen) atoms. The zero-order valence-electron chi connectivity index (χ0n) is 11.6. The summed E-state index contributed by atoms with van der Waals surface area (Å²) in [7, 11) is 0. The fourth-order valence-electron chi connectivity index (χ4n) is 3.08. The van der Waals surface area contributed by atoms with Crippen LogP contribution in [-0.4, -0.2) is 0 Å². The number of benzene rings is 1. The van der Waals surface area contributed by atoms with E-state index in [1.54, 1.807) is 22.3 Å². The molecule has 0 N–H and O–H groups in total. The highest BCUT2D eigenvalue weighted by Crippen LogP contribution is 2.39. The molecule has 1 aromatic carbocycles. The lowest BCUT2D eigenvalue weighted by Crippen LogP contribution is -2.24. The van der Waals surface area contributed by atoms with E-state index in [9.17, 15) is 0 Å². The Labute approximate surface area is 100 Å². The van der Waals surface area contributed by atoms with Gasteiger partial charge in [-0.2, -0.15) is 0 Å². The summed E-state index contributed by atoms with van der Waals surface area (Å²) in [6.07, 6.45) is 3.87. The standard InChI is InChI=1S/C16H24/c1-10-11(2)13(4)15-9-16(5,6)8-7-14(15)12(10)3/h7-9H2,1-6H3. The molecular formula is C16H24. The lowest BCUT2D eigenvalue weighted by molar-refractivity contribution is 0.314. The van der Waals surface area contributed by atoms with Crippen molar-refractivity contribution in [1.82, 2.24) is 0 Å². The van der Waals surface area contributed by atoms with Crippen LogP contribution in [0.25, 0.3) is 0 Å². The number of rotatable bonds is 0. The monoisotopic (exact) mass is 216 g/mol. The van der Waals surface area contributed by atoms with Crippen LogP contribution in [0.1, 0.15) is 53.6 Å². The molecule has 1 aliphatic carbocycles. The average molecular weight is 216 g/mol. The van der Waals surface area contributed by atoms with E-state index in [1.165, 1.54) is 30.4 Å². The van der Waals surface area contributed by atoms with Gasteiger partial charge in [0.15, 0.2) is 0 Å². The van der Waals surface area contributed by atoms with Crippen LogP contribution in [0.3, 0.4) is 0 Å². The third-order valence-corrected chi connectivity index (χ3v) is 4.66. The number of hydrogen-bond acceptors (Lipinski definition) is 0. The topological polar surface area (TPSA) is 0 Å². The minimum Gasteiger partial charge on any atom is -0.0596 e. The normalized spacial score (nSPS) is 18.4. The fourth-order valence-corrected chi connectivity index (χ4v) is 3.08. The van der Waals surface area contributed by atoms with Crippen molar-refractivity contribution in [1.29, 1.82) is 0 Å². The van der Waals surface area contributed by atoms with Crippen LogP contribution in [0.2, 0.25) is 0 Å². The Bertz CT molecular complexity index is 436. The molecule has 1 aliphatic rings. The Balaban J connectivity index is 2.65. The molecule has 2 rings (SSSR count). The van der Waals surface area contributed by atoms with Gasteiger partial charge in [-0.3, -0.25) is 0 Å². The number of hydrogen-bond donors (Lipinski definition) is 0. The van der Waals surface area contributed by atoms with Crippen LogP contribution < -0.4 is 0 Å². The van der Waals surface area contributed by atoms with Gasteiger partial charge in [0.05, 0.1) is 0 Å². The molecule has 0 aliphatic heterocycles. The van der Waals surface area contributed by atoms with Crippen LogP contribution in [0.5, 0.6) is 0 Å². The molecule has 0 radical (unpaired) electrons.